The lowest BCUT2D eigenvalue weighted by molar-refractivity contribution is -0.199. The van der Waals surface area contributed by atoms with Crippen molar-refractivity contribution in [2.24, 2.45) is 0 Å². The maximum absolute atomic E-state index is 11.3. The molecule has 1 aliphatic rings. The molecule has 1 saturated heterocycles. The van der Waals surface area contributed by atoms with Gasteiger partial charge in [0, 0.05) is 26.1 Å². The first kappa shape index (κ1) is 5.98. The monoisotopic (exact) mass is 120 g/mol. The Morgan fingerprint density at radius 3 is 2.38 bits per heavy atom. The predicted molar refractivity (Wildman–Crippen MR) is 26.0 cm³/mol. The zero-order valence-electron chi connectivity index (χ0n) is 4.60. The van der Waals surface area contributed by atoms with Gasteiger partial charge in [0.2, 0.25) is 0 Å². The summed E-state index contributed by atoms with van der Waals surface area (Å²) in [5, 5.41) is 0. The van der Waals surface area contributed by atoms with Crippen LogP contribution in [0.15, 0.2) is 0 Å². The van der Waals surface area contributed by atoms with E-state index in [-0.39, 0.29) is 6.10 Å². The summed E-state index contributed by atoms with van der Waals surface area (Å²) in [6.07, 6.45) is 1.18. The Balaban J connectivity index is 2.13. The average Bonchev–Trinajstić information content (AvgIpc) is 1.90. The molecule has 1 rings (SSSR count). The van der Waals surface area contributed by atoms with Crippen LogP contribution in [0.3, 0.4) is 0 Å². The molecule has 0 aliphatic carbocycles. The zero-order chi connectivity index (χ0) is 5.82. The van der Waals surface area contributed by atoms with E-state index < -0.39 is 0 Å². The first-order chi connectivity index (χ1) is 3.93. The van der Waals surface area contributed by atoms with Crippen molar-refractivity contribution in [3.05, 3.63) is 0 Å². The Morgan fingerprint density at radius 1 is 1.38 bits per heavy atom. The third-order valence-electron chi connectivity index (χ3n) is 1.29. The smallest absolute Gasteiger partial charge is 0.103 e. The minimum Gasteiger partial charge on any atom is -0.381 e. The molecule has 1 aliphatic heterocycles. The molecule has 48 valence electrons. The van der Waals surface area contributed by atoms with Gasteiger partial charge in [0.15, 0.2) is 0 Å². The van der Waals surface area contributed by atoms with Gasteiger partial charge in [-0.1, -0.05) is 0 Å². The maximum atomic E-state index is 11.3. The molecule has 2 nitrogen and oxygen atoms in total. The Kier molecular flexibility index (Phi) is 2.24. The van der Waals surface area contributed by atoms with Crippen molar-refractivity contribution in [1.82, 2.24) is 0 Å². The lowest BCUT2D eigenvalue weighted by Gasteiger charge is -2.16. The van der Waals surface area contributed by atoms with Crippen LogP contribution in [0.4, 0.5) is 4.53 Å². The van der Waals surface area contributed by atoms with E-state index in [0.717, 1.165) is 0 Å². The SMILES string of the molecule is FOC1CCOCC1. The lowest BCUT2D eigenvalue weighted by Crippen LogP contribution is -2.20. The van der Waals surface area contributed by atoms with Crippen molar-refractivity contribution in [1.29, 1.82) is 0 Å². The second-order valence-corrected chi connectivity index (χ2v) is 1.90. The number of rotatable bonds is 1. The second kappa shape index (κ2) is 2.99. The summed E-state index contributed by atoms with van der Waals surface area (Å²) in [4.78, 5) is 3.61. The molecule has 0 saturated carbocycles. The van der Waals surface area contributed by atoms with Gasteiger partial charge in [0.25, 0.3) is 0 Å². The fraction of sp³-hybridized carbons (Fsp3) is 1.00. The van der Waals surface area contributed by atoms with Crippen LogP contribution in [0.25, 0.3) is 0 Å². The highest BCUT2D eigenvalue weighted by atomic mass is 19.3. The van der Waals surface area contributed by atoms with Gasteiger partial charge < -0.3 is 4.74 Å². The fourth-order valence-electron chi connectivity index (χ4n) is 0.765. The van der Waals surface area contributed by atoms with E-state index in [9.17, 15) is 4.53 Å². The molecule has 0 spiro atoms. The second-order valence-electron chi connectivity index (χ2n) is 1.90. The molecule has 0 amide bonds. The van der Waals surface area contributed by atoms with E-state index in [4.69, 9.17) is 4.74 Å². The van der Waals surface area contributed by atoms with Crippen LogP contribution in [0.1, 0.15) is 12.8 Å². The van der Waals surface area contributed by atoms with Crippen LogP contribution in [-0.4, -0.2) is 19.3 Å². The normalized spacial score (nSPS) is 23.6. The van der Waals surface area contributed by atoms with Crippen LogP contribution in [0, 0.1) is 0 Å². The number of ether oxygens (including phenoxy) is 1. The van der Waals surface area contributed by atoms with Crippen molar-refractivity contribution in [2.45, 2.75) is 18.9 Å². The minimum absolute atomic E-state index is 0.205. The summed E-state index contributed by atoms with van der Waals surface area (Å²) < 4.78 is 16.3. The minimum atomic E-state index is -0.205. The van der Waals surface area contributed by atoms with Gasteiger partial charge in [0.1, 0.15) is 6.10 Å². The quantitative estimate of drug-likeness (QED) is 0.515. The molecule has 0 aromatic carbocycles. The molecule has 0 bridgehead atoms. The third kappa shape index (κ3) is 1.42. The van der Waals surface area contributed by atoms with Crippen molar-refractivity contribution in [3.8, 4) is 0 Å². The molecular formula is C5H9FO2. The van der Waals surface area contributed by atoms with Crippen molar-refractivity contribution in [3.63, 3.8) is 0 Å². The van der Waals surface area contributed by atoms with Gasteiger partial charge in [-0.15, -0.1) is 0 Å². The standard InChI is InChI=1S/C5H9FO2/c6-8-5-1-3-7-4-2-5/h5H,1-4H2. The van der Waals surface area contributed by atoms with Crippen LogP contribution in [0.5, 0.6) is 0 Å². The molecule has 0 atom stereocenters. The highest BCUT2D eigenvalue weighted by molar-refractivity contribution is 4.59. The topological polar surface area (TPSA) is 18.5 Å². The van der Waals surface area contributed by atoms with Gasteiger partial charge in [0.05, 0.1) is 0 Å². The van der Waals surface area contributed by atoms with E-state index in [1.165, 1.54) is 0 Å². The maximum Gasteiger partial charge on any atom is 0.103 e. The van der Waals surface area contributed by atoms with Crippen molar-refractivity contribution >= 4 is 0 Å². The summed E-state index contributed by atoms with van der Waals surface area (Å²) in [5.41, 5.74) is 0. The van der Waals surface area contributed by atoms with Gasteiger partial charge in [-0.25, -0.2) is 0 Å². The van der Waals surface area contributed by atoms with Crippen molar-refractivity contribution in [2.75, 3.05) is 13.2 Å². The van der Waals surface area contributed by atoms with Crippen LogP contribution in [-0.2, 0) is 9.68 Å². The van der Waals surface area contributed by atoms with E-state index in [0.29, 0.717) is 26.1 Å². The predicted octanol–water partition coefficient (Wildman–Crippen LogP) is 1.07. The van der Waals surface area contributed by atoms with Gasteiger partial charge in [-0.2, -0.15) is 4.94 Å². The van der Waals surface area contributed by atoms with Gasteiger partial charge >= 0.3 is 0 Å². The Hall–Kier alpha value is -0.150. The molecule has 0 radical (unpaired) electrons. The van der Waals surface area contributed by atoms with Crippen LogP contribution >= 0.6 is 0 Å². The van der Waals surface area contributed by atoms with E-state index in [1.54, 1.807) is 0 Å². The fourth-order valence-corrected chi connectivity index (χ4v) is 0.765. The van der Waals surface area contributed by atoms with Gasteiger partial charge in [-0.05, 0) is 4.53 Å². The largest absolute Gasteiger partial charge is 0.381 e. The Morgan fingerprint density at radius 2 is 2.00 bits per heavy atom. The third-order valence-corrected chi connectivity index (χ3v) is 1.29. The summed E-state index contributed by atoms with van der Waals surface area (Å²) in [6, 6.07) is 0. The first-order valence-electron chi connectivity index (χ1n) is 2.78. The van der Waals surface area contributed by atoms with E-state index >= 15 is 0 Å². The van der Waals surface area contributed by atoms with Crippen molar-refractivity contribution < 1.29 is 14.2 Å². The summed E-state index contributed by atoms with van der Waals surface area (Å²) >= 11 is 0. The first-order valence-corrected chi connectivity index (χ1v) is 2.78. The van der Waals surface area contributed by atoms with E-state index in [2.05, 4.69) is 4.94 Å². The summed E-state index contributed by atoms with van der Waals surface area (Å²) in [6.45, 7) is 1.27. The number of hydrogen-bond donors (Lipinski definition) is 0. The average molecular weight is 120 g/mol. The Labute approximate surface area is 47.5 Å². The summed E-state index contributed by atoms with van der Waals surface area (Å²) in [7, 11) is 0. The van der Waals surface area contributed by atoms with Crippen LogP contribution < -0.4 is 0 Å². The summed E-state index contributed by atoms with van der Waals surface area (Å²) in [5.74, 6) is 0. The molecule has 0 aromatic rings. The highest BCUT2D eigenvalue weighted by Crippen LogP contribution is 2.09. The number of hydrogen-bond acceptors (Lipinski definition) is 2. The number of halogens is 1. The molecular weight excluding hydrogens is 111 g/mol. The molecule has 1 heterocycles. The molecule has 8 heavy (non-hydrogen) atoms. The molecule has 1 fully saturated rings. The molecule has 0 N–H and O–H groups in total. The van der Waals surface area contributed by atoms with Gasteiger partial charge in [-0.3, -0.25) is 0 Å². The van der Waals surface area contributed by atoms with Crippen LogP contribution in [0.2, 0.25) is 0 Å². The molecule has 3 heteroatoms. The highest BCUT2D eigenvalue weighted by Gasteiger charge is 2.13. The zero-order valence-corrected chi connectivity index (χ0v) is 4.60. The van der Waals surface area contributed by atoms with E-state index in [1.807, 2.05) is 0 Å². The Bertz CT molecular complexity index is 61.4. The molecule has 0 aromatic heterocycles. The lowest BCUT2D eigenvalue weighted by atomic mass is 10.2. The molecule has 0 unspecified atom stereocenters.